The van der Waals surface area contributed by atoms with Crippen molar-refractivity contribution in [1.82, 2.24) is 0 Å². The predicted octanol–water partition coefficient (Wildman–Crippen LogP) is 2.24. The molecule has 0 bridgehead atoms. The fraction of sp³-hybridized carbons (Fsp3) is 0.500. The summed E-state index contributed by atoms with van der Waals surface area (Å²) in [7, 11) is 1.67. The maximum atomic E-state index is 11.6. The van der Waals surface area contributed by atoms with E-state index in [1.165, 1.54) is 0 Å². The van der Waals surface area contributed by atoms with Gasteiger partial charge in [0, 0.05) is 19.4 Å². The van der Waals surface area contributed by atoms with Gasteiger partial charge in [-0.05, 0) is 24.5 Å². The molecule has 0 unspecified atom stereocenters. The second-order valence-corrected chi connectivity index (χ2v) is 4.00. The highest BCUT2D eigenvalue weighted by atomic mass is 16.5. The van der Waals surface area contributed by atoms with Gasteiger partial charge in [-0.1, -0.05) is 25.1 Å². The quantitative estimate of drug-likeness (QED) is 0.721. The van der Waals surface area contributed by atoms with Crippen molar-refractivity contribution in [3.05, 3.63) is 29.8 Å². The van der Waals surface area contributed by atoms with Gasteiger partial charge in [0.25, 0.3) is 0 Å². The number of hydrogen-bond donors (Lipinski definition) is 1. The van der Waals surface area contributed by atoms with Crippen molar-refractivity contribution in [2.45, 2.75) is 19.8 Å². The minimum absolute atomic E-state index is 0.104. The van der Waals surface area contributed by atoms with Crippen LogP contribution in [0.5, 0.6) is 0 Å². The van der Waals surface area contributed by atoms with E-state index in [0.717, 1.165) is 24.1 Å². The summed E-state index contributed by atoms with van der Waals surface area (Å²) in [5.74, 6) is -0.117. The molecule has 100 valence electrons. The number of nitrogens with one attached hydrogen (secondary N) is 1. The monoisotopic (exact) mass is 251 g/mol. The molecular formula is C14H21NO3. The molecule has 0 aliphatic rings. The Morgan fingerprint density at radius 1 is 1.28 bits per heavy atom. The van der Waals surface area contributed by atoms with E-state index in [1.807, 2.05) is 31.2 Å². The van der Waals surface area contributed by atoms with Crippen molar-refractivity contribution in [3.63, 3.8) is 0 Å². The van der Waals surface area contributed by atoms with Crippen LogP contribution in [0.4, 0.5) is 5.69 Å². The Kier molecular flexibility index (Phi) is 7.06. The van der Waals surface area contributed by atoms with E-state index in [0.29, 0.717) is 13.2 Å². The van der Waals surface area contributed by atoms with Gasteiger partial charge in [0.05, 0.1) is 6.61 Å². The number of amides is 1. The molecule has 0 heterocycles. The second-order valence-electron chi connectivity index (χ2n) is 4.00. The molecule has 1 rings (SSSR count). The molecule has 0 spiro atoms. The van der Waals surface area contributed by atoms with Crippen molar-refractivity contribution in [2.75, 3.05) is 32.2 Å². The number of ether oxygens (including phenoxy) is 2. The Balaban J connectivity index is 2.51. The molecule has 0 fully saturated rings. The lowest BCUT2D eigenvalue weighted by atomic mass is 10.1. The number of para-hydroxylation sites is 1. The van der Waals surface area contributed by atoms with E-state index >= 15 is 0 Å². The van der Waals surface area contributed by atoms with Gasteiger partial charge >= 0.3 is 0 Å². The van der Waals surface area contributed by atoms with E-state index < -0.39 is 0 Å². The van der Waals surface area contributed by atoms with Crippen LogP contribution in [0.3, 0.4) is 0 Å². The maximum absolute atomic E-state index is 11.6. The highest BCUT2D eigenvalue weighted by Crippen LogP contribution is 2.15. The van der Waals surface area contributed by atoms with Crippen molar-refractivity contribution < 1.29 is 14.3 Å². The standard InChI is InChI=1S/C14H21NO3/c1-3-9-18-11-14(16)15-13-7-5-4-6-12(13)8-10-17-2/h4-7H,3,8-11H2,1-2H3,(H,15,16). The third kappa shape index (κ3) is 5.29. The highest BCUT2D eigenvalue weighted by molar-refractivity contribution is 5.92. The summed E-state index contributed by atoms with van der Waals surface area (Å²) in [4.78, 5) is 11.6. The number of rotatable bonds is 8. The number of methoxy groups -OCH3 is 1. The topological polar surface area (TPSA) is 47.6 Å². The van der Waals surface area contributed by atoms with Crippen LogP contribution in [-0.2, 0) is 20.7 Å². The summed E-state index contributed by atoms with van der Waals surface area (Å²) in [6.07, 6.45) is 1.69. The first kappa shape index (κ1) is 14.7. The van der Waals surface area contributed by atoms with E-state index in [9.17, 15) is 4.79 Å². The molecular weight excluding hydrogens is 230 g/mol. The summed E-state index contributed by atoms with van der Waals surface area (Å²) < 4.78 is 10.2. The van der Waals surface area contributed by atoms with Gasteiger partial charge in [0.1, 0.15) is 6.61 Å². The Morgan fingerprint density at radius 3 is 2.78 bits per heavy atom. The Morgan fingerprint density at radius 2 is 2.06 bits per heavy atom. The third-order valence-electron chi connectivity index (χ3n) is 2.45. The highest BCUT2D eigenvalue weighted by Gasteiger charge is 2.06. The predicted molar refractivity (Wildman–Crippen MR) is 71.8 cm³/mol. The van der Waals surface area contributed by atoms with Crippen molar-refractivity contribution in [1.29, 1.82) is 0 Å². The number of carbonyl (C=O) groups is 1. The number of hydrogen-bond acceptors (Lipinski definition) is 3. The number of benzene rings is 1. The van der Waals surface area contributed by atoms with Crippen LogP contribution in [0.1, 0.15) is 18.9 Å². The van der Waals surface area contributed by atoms with Crippen LogP contribution in [0.25, 0.3) is 0 Å². The third-order valence-corrected chi connectivity index (χ3v) is 2.45. The zero-order valence-corrected chi connectivity index (χ0v) is 11.1. The van der Waals surface area contributed by atoms with Gasteiger partial charge in [-0.25, -0.2) is 0 Å². The summed E-state index contributed by atoms with van der Waals surface area (Å²) in [5, 5.41) is 2.86. The van der Waals surface area contributed by atoms with Gasteiger partial charge < -0.3 is 14.8 Å². The molecule has 18 heavy (non-hydrogen) atoms. The van der Waals surface area contributed by atoms with Crippen molar-refractivity contribution >= 4 is 11.6 Å². The van der Waals surface area contributed by atoms with Gasteiger partial charge in [0.15, 0.2) is 0 Å². The fourth-order valence-electron chi connectivity index (χ4n) is 1.57. The first-order chi connectivity index (χ1) is 8.77. The van der Waals surface area contributed by atoms with Gasteiger partial charge in [-0.15, -0.1) is 0 Å². The molecule has 1 amide bonds. The SMILES string of the molecule is CCCOCC(=O)Nc1ccccc1CCOC. The smallest absolute Gasteiger partial charge is 0.250 e. The molecule has 0 aliphatic heterocycles. The second kappa shape index (κ2) is 8.66. The summed E-state index contributed by atoms with van der Waals surface area (Å²) in [6, 6.07) is 7.73. The molecule has 0 aliphatic carbocycles. The number of anilines is 1. The van der Waals surface area contributed by atoms with Crippen LogP contribution in [0.15, 0.2) is 24.3 Å². The lowest BCUT2D eigenvalue weighted by molar-refractivity contribution is -0.120. The van der Waals surface area contributed by atoms with Gasteiger partial charge in [-0.2, -0.15) is 0 Å². The molecule has 1 aromatic rings. The molecule has 1 aromatic carbocycles. The Hall–Kier alpha value is -1.39. The lowest BCUT2D eigenvalue weighted by Gasteiger charge is -2.10. The first-order valence-electron chi connectivity index (χ1n) is 6.22. The average molecular weight is 251 g/mol. The van der Waals surface area contributed by atoms with Gasteiger partial charge in [-0.3, -0.25) is 4.79 Å². The Labute approximate surface area is 108 Å². The van der Waals surface area contributed by atoms with E-state index in [2.05, 4.69) is 5.32 Å². The first-order valence-corrected chi connectivity index (χ1v) is 6.22. The van der Waals surface area contributed by atoms with Crippen LogP contribution in [0, 0.1) is 0 Å². The Bertz CT molecular complexity index is 366. The lowest BCUT2D eigenvalue weighted by Crippen LogP contribution is -2.19. The minimum atomic E-state index is -0.117. The zero-order valence-electron chi connectivity index (χ0n) is 11.1. The van der Waals surface area contributed by atoms with E-state index in [4.69, 9.17) is 9.47 Å². The molecule has 0 radical (unpaired) electrons. The molecule has 0 saturated heterocycles. The summed E-state index contributed by atoms with van der Waals surface area (Å²) in [5.41, 5.74) is 1.91. The van der Waals surface area contributed by atoms with Crippen molar-refractivity contribution in [3.8, 4) is 0 Å². The van der Waals surface area contributed by atoms with Gasteiger partial charge in [0.2, 0.25) is 5.91 Å². The maximum Gasteiger partial charge on any atom is 0.250 e. The average Bonchev–Trinajstić information content (AvgIpc) is 2.38. The van der Waals surface area contributed by atoms with Crippen LogP contribution in [0.2, 0.25) is 0 Å². The molecule has 4 heteroatoms. The normalized spacial score (nSPS) is 10.3. The zero-order chi connectivity index (χ0) is 13.2. The summed E-state index contributed by atoms with van der Waals surface area (Å²) >= 11 is 0. The molecule has 0 aromatic heterocycles. The summed E-state index contributed by atoms with van der Waals surface area (Å²) in [6.45, 7) is 3.36. The van der Waals surface area contributed by atoms with E-state index in [-0.39, 0.29) is 12.5 Å². The van der Waals surface area contributed by atoms with Crippen LogP contribution in [-0.4, -0.2) is 32.8 Å². The molecule has 4 nitrogen and oxygen atoms in total. The number of carbonyl (C=O) groups excluding carboxylic acids is 1. The molecule has 1 N–H and O–H groups in total. The largest absolute Gasteiger partial charge is 0.384 e. The molecule has 0 atom stereocenters. The fourth-order valence-corrected chi connectivity index (χ4v) is 1.57. The van der Waals surface area contributed by atoms with E-state index in [1.54, 1.807) is 7.11 Å². The minimum Gasteiger partial charge on any atom is -0.384 e. The van der Waals surface area contributed by atoms with Crippen LogP contribution < -0.4 is 5.32 Å². The van der Waals surface area contributed by atoms with Crippen LogP contribution >= 0.6 is 0 Å². The molecule has 0 saturated carbocycles. The van der Waals surface area contributed by atoms with Crippen molar-refractivity contribution in [2.24, 2.45) is 0 Å².